The van der Waals surface area contributed by atoms with Crippen LogP contribution in [0.2, 0.25) is 0 Å². The molecule has 0 aromatic rings. The third-order valence-electron chi connectivity index (χ3n) is 0. The molecule has 0 spiro atoms. The first-order valence-electron chi connectivity index (χ1n) is 0.655. The van der Waals surface area contributed by atoms with Gasteiger partial charge < -0.3 is 0 Å². The van der Waals surface area contributed by atoms with E-state index in [0.29, 0.717) is 0 Å². The highest BCUT2D eigenvalue weighted by atomic mass is 19.4. The van der Waals surface area contributed by atoms with E-state index in [1.807, 2.05) is 0 Å². The summed E-state index contributed by atoms with van der Waals surface area (Å²) in [6.07, 6.45) is 0. The summed E-state index contributed by atoms with van der Waals surface area (Å²) in [5, 5.41) is 0. The topological polar surface area (TPSA) is 0 Å². The highest BCUT2D eigenvalue weighted by Crippen LogP contribution is 1.80. The summed E-state index contributed by atoms with van der Waals surface area (Å²) in [6.45, 7) is 0. The van der Waals surface area contributed by atoms with Gasteiger partial charge in [-0.2, -0.15) is 0 Å². The van der Waals surface area contributed by atoms with E-state index in [0.717, 1.165) is 0 Å². The van der Waals surface area contributed by atoms with Crippen molar-refractivity contribution < 1.29 is 17.7 Å². The molecule has 3 radical (unpaired) electrons. The van der Waals surface area contributed by atoms with Crippen LogP contribution in [0.1, 0.15) is 0 Å². The Hall–Kier alpha value is -0.150. The van der Waals surface area contributed by atoms with Gasteiger partial charge in [0.05, 0.1) is 0 Å². The van der Waals surface area contributed by atoms with E-state index < -0.39 is 7.54 Å². The molecular formula is HB2F4. The molecule has 6 heavy (non-hydrogen) atoms. The maximum atomic E-state index is 9.67. The van der Waals surface area contributed by atoms with Crippen molar-refractivity contribution in [3.8, 4) is 0 Å². The van der Waals surface area contributed by atoms with Gasteiger partial charge in [-0.1, -0.05) is 0 Å². The number of hydrogen-bond acceptors (Lipinski definition) is 0. The lowest BCUT2D eigenvalue weighted by atomic mass is 10.5. The third kappa shape index (κ3) is 1390. The van der Waals surface area contributed by atoms with Gasteiger partial charge in [0.2, 0.25) is 0 Å². The molecule has 0 saturated carbocycles. The minimum absolute atomic E-state index is 0. The molecule has 0 amide bonds. The Kier molecular flexibility index (Phi) is 25.0. The SMILES string of the molecule is F.FB(F)F.[B]. The van der Waals surface area contributed by atoms with Crippen LogP contribution in [0, 0.1) is 0 Å². The predicted octanol–water partition coefficient (Wildman–Crippen LogP) is 0.651. The van der Waals surface area contributed by atoms with Crippen molar-refractivity contribution in [2.24, 2.45) is 0 Å². The second kappa shape index (κ2) is 8.85. The molecule has 0 aliphatic rings. The predicted molar refractivity (Wildman–Crippen MR) is 17.3 cm³/mol. The van der Waals surface area contributed by atoms with Crippen molar-refractivity contribution in [2.45, 2.75) is 0 Å². The first-order chi connectivity index (χ1) is 1.73. The van der Waals surface area contributed by atoms with Crippen molar-refractivity contribution in [1.29, 1.82) is 0 Å². The molecule has 6 heteroatoms. The third-order valence-corrected chi connectivity index (χ3v) is 0. The summed E-state index contributed by atoms with van der Waals surface area (Å²) in [7, 11) is -3.67. The van der Waals surface area contributed by atoms with Crippen molar-refractivity contribution in [2.75, 3.05) is 0 Å². The summed E-state index contributed by atoms with van der Waals surface area (Å²) in [5.74, 6) is 0. The Morgan fingerprint density at radius 2 is 1.00 bits per heavy atom. The van der Waals surface area contributed by atoms with Gasteiger partial charge in [-0.15, -0.1) is 0 Å². The van der Waals surface area contributed by atoms with Crippen molar-refractivity contribution in [3.05, 3.63) is 0 Å². The van der Waals surface area contributed by atoms with Crippen LogP contribution in [0.25, 0.3) is 0 Å². The van der Waals surface area contributed by atoms with Gasteiger partial charge in [0, 0.05) is 8.41 Å². The lowest BCUT2D eigenvalue weighted by Crippen LogP contribution is -1.76. The standard InChI is InChI=1S/BF3.B.FH/c2-1(3)4;;/h;;1H. The van der Waals surface area contributed by atoms with Gasteiger partial charge >= 0.3 is 7.54 Å². The fraction of sp³-hybridized carbons (Fsp3) is 0. The van der Waals surface area contributed by atoms with E-state index in [-0.39, 0.29) is 13.1 Å². The van der Waals surface area contributed by atoms with Gasteiger partial charge in [0.1, 0.15) is 0 Å². The monoisotopic (exact) mass is 99.0 g/mol. The largest absolute Gasteiger partial charge is 0.762 e. The minimum Gasteiger partial charge on any atom is -0.269 e. The molecule has 0 rings (SSSR count). The van der Waals surface area contributed by atoms with E-state index in [9.17, 15) is 12.9 Å². The number of hydrogen-bond donors (Lipinski definition) is 0. The normalized spacial score (nSPS) is 4.50. The number of halogens is 4. The Balaban J connectivity index is -0.0000000450. The van der Waals surface area contributed by atoms with Crippen LogP contribution in [0.15, 0.2) is 0 Å². The average molecular weight is 98.6 g/mol. The van der Waals surface area contributed by atoms with Gasteiger partial charge in [-0.3, -0.25) is 17.7 Å². The minimum atomic E-state index is -3.67. The highest BCUT2D eigenvalue weighted by molar-refractivity contribution is 6.33. The fourth-order valence-electron chi connectivity index (χ4n) is 0. The first-order valence-corrected chi connectivity index (χ1v) is 0.655. The van der Waals surface area contributed by atoms with E-state index in [1.165, 1.54) is 0 Å². The molecule has 0 saturated heterocycles. The molecule has 0 aliphatic carbocycles. The lowest BCUT2D eigenvalue weighted by molar-refractivity contribution is 0.535. The van der Waals surface area contributed by atoms with Gasteiger partial charge in [0.15, 0.2) is 0 Å². The van der Waals surface area contributed by atoms with E-state index >= 15 is 0 Å². The van der Waals surface area contributed by atoms with Crippen LogP contribution in [0.3, 0.4) is 0 Å². The zero-order valence-corrected chi connectivity index (χ0v) is 2.70. The van der Waals surface area contributed by atoms with Crippen LogP contribution in [0.5, 0.6) is 0 Å². The van der Waals surface area contributed by atoms with Crippen LogP contribution >= 0.6 is 0 Å². The average Bonchev–Trinajstić information content (AvgIpc) is 0.811. The molecule has 0 unspecified atom stereocenters. The maximum absolute atomic E-state index is 9.67. The molecule has 0 heterocycles. The zero-order valence-electron chi connectivity index (χ0n) is 2.70. The van der Waals surface area contributed by atoms with Crippen molar-refractivity contribution in [1.82, 2.24) is 0 Å². The molecule has 0 aromatic carbocycles. The Bertz CT molecular complexity index is 10.3. The van der Waals surface area contributed by atoms with Crippen molar-refractivity contribution >= 4 is 16.0 Å². The quantitative estimate of drug-likeness (QED) is 0.308. The Morgan fingerprint density at radius 3 is 1.00 bits per heavy atom. The smallest absolute Gasteiger partial charge is 0.269 e. The summed E-state index contributed by atoms with van der Waals surface area (Å²) in [5.41, 5.74) is 0. The first kappa shape index (κ1) is 16.9. The van der Waals surface area contributed by atoms with E-state index in [1.54, 1.807) is 0 Å². The van der Waals surface area contributed by atoms with Gasteiger partial charge in [-0.05, 0) is 0 Å². The summed E-state index contributed by atoms with van der Waals surface area (Å²) in [6, 6.07) is 0. The van der Waals surface area contributed by atoms with Crippen molar-refractivity contribution in [3.63, 3.8) is 0 Å². The van der Waals surface area contributed by atoms with Crippen LogP contribution < -0.4 is 0 Å². The van der Waals surface area contributed by atoms with Crippen LogP contribution in [-0.4, -0.2) is 16.0 Å². The van der Waals surface area contributed by atoms with Crippen LogP contribution in [0.4, 0.5) is 17.7 Å². The van der Waals surface area contributed by atoms with Gasteiger partial charge in [0.25, 0.3) is 0 Å². The molecule has 0 nitrogen and oxygen atoms in total. The van der Waals surface area contributed by atoms with Crippen LogP contribution in [-0.2, 0) is 0 Å². The Labute approximate surface area is 34.9 Å². The molecule has 35 valence electrons. The summed E-state index contributed by atoms with van der Waals surface area (Å²) < 4.78 is 29.0. The van der Waals surface area contributed by atoms with E-state index in [4.69, 9.17) is 0 Å². The molecule has 0 fully saturated rings. The Morgan fingerprint density at radius 1 is 1.00 bits per heavy atom. The molecule has 0 atom stereocenters. The second-order valence-corrected chi connectivity index (χ2v) is 0.247. The fourth-order valence-corrected chi connectivity index (χ4v) is 0. The molecular weight excluding hydrogens is 97.6 g/mol. The van der Waals surface area contributed by atoms with Gasteiger partial charge in [-0.25, -0.2) is 0 Å². The second-order valence-electron chi connectivity index (χ2n) is 0.247. The molecule has 0 aliphatic heterocycles. The van der Waals surface area contributed by atoms with E-state index in [2.05, 4.69) is 0 Å². The molecule has 0 bridgehead atoms. The molecule has 0 aromatic heterocycles. The lowest BCUT2D eigenvalue weighted by Gasteiger charge is -1.55. The molecule has 0 N–H and O–H groups in total. The highest BCUT2D eigenvalue weighted by Gasteiger charge is 2.06. The summed E-state index contributed by atoms with van der Waals surface area (Å²) in [4.78, 5) is 0. The number of rotatable bonds is 0. The summed E-state index contributed by atoms with van der Waals surface area (Å²) >= 11 is 0. The maximum Gasteiger partial charge on any atom is 0.762 e. The zero-order chi connectivity index (χ0) is 3.58.